The summed E-state index contributed by atoms with van der Waals surface area (Å²) in [5.74, 6) is 0.876. The summed E-state index contributed by atoms with van der Waals surface area (Å²) in [6.07, 6.45) is 0. The summed E-state index contributed by atoms with van der Waals surface area (Å²) in [6, 6.07) is 11.5. The third kappa shape index (κ3) is 4.23. The van der Waals surface area contributed by atoms with Crippen molar-refractivity contribution in [3.05, 3.63) is 59.2 Å². The number of piperazine rings is 1. The number of hydrogen-bond donors (Lipinski definition) is 0. The molecule has 0 saturated carbocycles. The highest BCUT2D eigenvalue weighted by molar-refractivity contribution is 7.14. The number of aromatic nitrogens is 1. The molecule has 1 fully saturated rings. The van der Waals surface area contributed by atoms with Crippen molar-refractivity contribution in [2.24, 2.45) is 0 Å². The van der Waals surface area contributed by atoms with Gasteiger partial charge in [-0.05, 0) is 36.4 Å². The van der Waals surface area contributed by atoms with Gasteiger partial charge in [0.2, 0.25) is 0 Å². The largest absolute Gasteiger partial charge is 0.497 e. The van der Waals surface area contributed by atoms with Crippen LogP contribution in [0.25, 0.3) is 11.3 Å². The van der Waals surface area contributed by atoms with Crippen LogP contribution in [0.4, 0.5) is 9.52 Å². The van der Waals surface area contributed by atoms with Crippen LogP contribution in [0.2, 0.25) is 0 Å². The van der Waals surface area contributed by atoms with Crippen molar-refractivity contribution in [1.82, 2.24) is 9.88 Å². The SMILES string of the molecule is COc1cc(OC)cc(C(=O)N2CCN(c3nc(-c4ccc(F)cc4)cs3)CC2)c1. The lowest BCUT2D eigenvalue weighted by Gasteiger charge is -2.34. The molecule has 6 nitrogen and oxygen atoms in total. The lowest BCUT2D eigenvalue weighted by atomic mass is 10.1. The van der Waals surface area contributed by atoms with E-state index in [1.54, 1.807) is 55.9 Å². The molecule has 0 N–H and O–H groups in total. The van der Waals surface area contributed by atoms with Gasteiger partial charge in [0.15, 0.2) is 5.13 Å². The number of methoxy groups -OCH3 is 2. The molecule has 0 bridgehead atoms. The zero-order valence-corrected chi connectivity index (χ0v) is 17.6. The van der Waals surface area contributed by atoms with Crippen LogP contribution in [0.5, 0.6) is 11.5 Å². The second-order valence-corrected chi connectivity index (χ2v) is 7.74. The van der Waals surface area contributed by atoms with Crippen LogP contribution in [-0.2, 0) is 0 Å². The van der Waals surface area contributed by atoms with Gasteiger partial charge in [-0.1, -0.05) is 0 Å². The summed E-state index contributed by atoms with van der Waals surface area (Å²) >= 11 is 1.56. The minimum Gasteiger partial charge on any atom is -0.497 e. The maximum absolute atomic E-state index is 13.1. The van der Waals surface area contributed by atoms with E-state index in [0.717, 1.165) is 16.4 Å². The van der Waals surface area contributed by atoms with E-state index >= 15 is 0 Å². The molecule has 2 heterocycles. The number of thiazole rings is 1. The van der Waals surface area contributed by atoms with E-state index in [2.05, 4.69) is 4.90 Å². The van der Waals surface area contributed by atoms with Crippen LogP contribution < -0.4 is 14.4 Å². The molecule has 0 aliphatic carbocycles. The quantitative estimate of drug-likeness (QED) is 0.618. The van der Waals surface area contributed by atoms with Crippen LogP contribution in [-0.4, -0.2) is 56.2 Å². The van der Waals surface area contributed by atoms with Crippen molar-refractivity contribution in [3.8, 4) is 22.8 Å². The van der Waals surface area contributed by atoms with Crippen LogP contribution >= 0.6 is 11.3 Å². The van der Waals surface area contributed by atoms with Crippen molar-refractivity contribution in [2.75, 3.05) is 45.3 Å². The Bertz CT molecular complexity index is 1010. The molecule has 30 heavy (non-hydrogen) atoms. The Balaban J connectivity index is 1.42. The van der Waals surface area contributed by atoms with Crippen LogP contribution in [0.3, 0.4) is 0 Å². The molecular weight excluding hydrogens is 405 g/mol. The molecule has 1 amide bonds. The van der Waals surface area contributed by atoms with E-state index in [4.69, 9.17) is 14.5 Å². The van der Waals surface area contributed by atoms with E-state index in [1.807, 2.05) is 10.3 Å². The molecule has 1 aromatic heterocycles. The number of carbonyl (C=O) groups is 1. The fraction of sp³-hybridized carbons (Fsp3) is 0.273. The summed E-state index contributed by atoms with van der Waals surface area (Å²) < 4.78 is 23.7. The van der Waals surface area contributed by atoms with E-state index < -0.39 is 0 Å². The molecule has 0 atom stereocenters. The predicted molar refractivity (Wildman–Crippen MR) is 115 cm³/mol. The average Bonchev–Trinajstić information content (AvgIpc) is 3.29. The number of hydrogen-bond acceptors (Lipinski definition) is 6. The predicted octanol–water partition coefficient (Wildman–Crippen LogP) is 3.93. The van der Waals surface area contributed by atoms with Gasteiger partial charge in [-0.3, -0.25) is 4.79 Å². The van der Waals surface area contributed by atoms with E-state index in [1.165, 1.54) is 12.1 Å². The highest BCUT2D eigenvalue weighted by Crippen LogP contribution is 2.29. The molecule has 3 aromatic rings. The van der Waals surface area contributed by atoms with Crippen molar-refractivity contribution in [2.45, 2.75) is 0 Å². The van der Waals surface area contributed by atoms with Gasteiger partial charge in [-0.15, -0.1) is 11.3 Å². The van der Waals surface area contributed by atoms with E-state index in [-0.39, 0.29) is 11.7 Å². The maximum atomic E-state index is 13.1. The first-order valence-electron chi connectivity index (χ1n) is 9.56. The van der Waals surface area contributed by atoms with Gasteiger partial charge in [0.1, 0.15) is 17.3 Å². The van der Waals surface area contributed by atoms with Gasteiger partial charge in [0.05, 0.1) is 19.9 Å². The average molecular weight is 428 g/mol. The standard InChI is InChI=1S/C22H22FN3O3S/c1-28-18-11-16(12-19(13-18)29-2)21(27)25-7-9-26(10-8-25)22-24-20(14-30-22)15-3-5-17(23)6-4-15/h3-6,11-14H,7-10H2,1-2H3. The Morgan fingerprint density at radius 1 is 1.00 bits per heavy atom. The minimum absolute atomic E-state index is 0.0435. The summed E-state index contributed by atoms with van der Waals surface area (Å²) in [5.41, 5.74) is 2.27. The molecule has 0 radical (unpaired) electrons. The Morgan fingerprint density at radius 2 is 1.63 bits per heavy atom. The first kappa shape index (κ1) is 20.2. The van der Waals surface area contributed by atoms with E-state index in [9.17, 15) is 9.18 Å². The molecule has 0 spiro atoms. The maximum Gasteiger partial charge on any atom is 0.254 e. The molecule has 4 rings (SSSR count). The normalized spacial score (nSPS) is 14.0. The smallest absolute Gasteiger partial charge is 0.254 e. The first-order valence-corrected chi connectivity index (χ1v) is 10.4. The van der Waals surface area contributed by atoms with Gasteiger partial charge >= 0.3 is 0 Å². The summed E-state index contributed by atoms with van der Waals surface area (Å²) in [7, 11) is 3.13. The monoisotopic (exact) mass is 427 g/mol. The number of amides is 1. The Labute approximate surface area is 178 Å². The number of ether oxygens (including phenoxy) is 2. The second kappa shape index (κ2) is 8.71. The number of benzene rings is 2. The lowest BCUT2D eigenvalue weighted by molar-refractivity contribution is 0.0746. The first-order chi connectivity index (χ1) is 14.6. The van der Waals surface area contributed by atoms with Crippen molar-refractivity contribution >= 4 is 22.4 Å². The van der Waals surface area contributed by atoms with Gasteiger partial charge in [0, 0.05) is 48.8 Å². The number of halogens is 1. The third-order valence-electron chi connectivity index (χ3n) is 5.07. The Hall–Kier alpha value is -3.13. The number of carbonyl (C=O) groups excluding carboxylic acids is 1. The summed E-state index contributed by atoms with van der Waals surface area (Å²) in [6.45, 7) is 2.60. The van der Waals surface area contributed by atoms with Gasteiger partial charge in [0.25, 0.3) is 5.91 Å². The van der Waals surface area contributed by atoms with E-state index in [0.29, 0.717) is 43.2 Å². The Morgan fingerprint density at radius 3 is 2.23 bits per heavy atom. The molecule has 8 heteroatoms. The summed E-state index contributed by atoms with van der Waals surface area (Å²) in [5, 5.41) is 2.88. The number of nitrogens with zero attached hydrogens (tertiary/aromatic N) is 3. The molecule has 1 saturated heterocycles. The molecular formula is C22H22FN3O3S. The van der Waals surface area contributed by atoms with Crippen LogP contribution in [0, 0.1) is 5.82 Å². The molecule has 156 valence electrons. The zero-order valence-electron chi connectivity index (χ0n) is 16.8. The Kier molecular flexibility index (Phi) is 5.85. The molecule has 0 unspecified atom stereocenters. The van der Waals surface area contributed by atoms with Crippen molar-refractivity contribution < 1.29 is 18.7 Å². The zero-order chi connectivity index (χ0) is 21.1. The van der Waals surface area contributed by atoms with Gasteiger partial charge in [-0.25, -0.2) is 9.37 Å². The topological polar surface area (TPSA) is 54.9 Å². The number of anilines is 1. The van der Waals surface area contributed by atoms with Gasteiger partial charge < -0.3 is 19.3 Å². The van der Waals surface area contributed by atoms with Crippen molar-refractivity contribution in [1.29, 1.82) is 0 Å². The molecule has 1 aliphatic rings. The van der Waals surface area contributed by atoms with Crippen LogP contribution in [0.15, 0.2) is 47.8 Å². The highest BCUT2D eigenvalue weighted by atomic mass is 32.1. The molecule has 2 aromatic carbocycles. The fourth-order valence-corrected chi connectivity index (χ4v) is 4.27. The van der Waals surface area contributed by atoms with Gasteiger partial charge in [-0.2, -0.15) is 0 Å². The van der Waals surface area contributed by atoms with Crippen molar-refractivity contribution in [3.63, 3.8) is 0 Å². The third-order valence-corrected chi connectivity index (χ3v) is 5.97. The fourth-order valence-electron chi connectivity index (χ4n) is 3.38. The summed E-state index contributed by atoms with van der Waals surface area (Å²) in [4.78, 5) is 21.6. The van der Waals surface area contributed by atoms with Crippen LogP contribution in [0.1, 0.15) is 10.4 Å². The molecule has 1 aliphatic heterocycles. The highest BCUT2D eigenvalue weighted by Gasteiger charge is 2.24. The second-order valence-electron chi connectivity index (χ2n) is 6.90. The number of rotatable bonds is 5. The minimum atomic E-state index is -0.261. The lowest BCUT2D eigenvalue weighted by Crippen LogP contribution is -2.48.